The largest absolute Gasteiger partial charge is 0.393 e. The van der Waals surface area contributed by atoms with E-state index in [2.05, 4.69) is 21.7 Å². The maximum Gasteiger partial charge on any atom is 0.393 e. The van der Waals surface area contributed by atoms with Crippen molar-refractivity contribution in [1.29, 1.82) is 0 Å². The molecule has 7 nitrogen and oxygen atoms in total. The summed E-state index contributed by atoms with van der Waals surface area (Å²) in [5.41, 5.74) is 9.84. The van der Waals surface area contributed by atoms with Crippen LogP contribution in [0.25, 0.3) is 0 Å². The van der Waals surface area contributed by atoms with E-state index >= 15 is 0 Å². The molecule has 0 aromatic heterocycles. The highest BCUT2D eigenvalue weighted by Crippen LogP contribution is 2.27. The van der Waals surface area contributed by atoms with Crippen LogP contribution in [-0.2, 0) is 9.59 Å². The average Bonchev–Trinajstić information content (AvgIpc) is 3.46. The van der Waals surface area contributed by atoms with E-state index in [0.717, 1.165) is 4.58 Å². The normalized spacial score (nSPS) is 18.2. The maximum absolute atomic E-state index is 14.8. The first-order valence-electron chi connectivity index (χ1n) is 11.3. The van der Waals surface area contributed by atoms with Crippen molar-refractivity contribution >= 4 is 17.5 Å². The molecule has 2 amide bonds. The molecule has 0 fully saturated rings. The van der Waals surface area contributed by atoms with E-state index in [4.69, 9.17) is 0 Å². The number of hydrogen-bond acceptors (Lipinski definition) is 5. The number of hydrazine groups is 2. The zero-order valence-electron chi connectivity index (χ0n) is 19.4. The number of halogens is 3. The highest BCUT2D eigenvalue weighted by molar-refractivity contribution is 6.38. The molecule has 4 rings (SSSR count). The molecule has 0 aliphatic carbocycles. The molecular formula is C25H27F3N5O2+. The van der Waals surface area contributed by atoms with Crippen LogP contribution in [0.1, 0.15) is 55.3 Å². The average molecular weight is 487 g/mol. The minimum Gasteiger partial charge on any atom is -0.336 e. The van der Waals surface area contributed by atoms with E-state index < -0.39 is 35.7 Å². The van der Waals surface area contributed by atoms with Gasteiger partial charge in [-0.15, -0.1) is 0 Å². The summed E-state index contributed by atoms with van der Waals surface area (Å²) in [6.07, 6.45) is -0.150. The fourth-order valence-electron chi connectivity index (χ4n) is 4.24. The maximum atomic E-state index is 14.8. The van der Waals surface area contributed by atoms with Crippen LogP contribution in [-0.4, -0.2) is 34.8 Å². The van der Waals surface area contributed by atoms with E-state index in [9.17, 15) is 22.8 Å². The Balaban J connectivity index is 1.66. The number of amides is 2. The molecule has 2 atom stereocenters. The van der Waals surface area contributed by atoms with Crippen molar-refractivity contribution in [2.75, 3.05) is 6.54 Å². The van der Waals surface area contributed by atoms with Crippen LogP contribution in [0.2, 0.25) is 0 Å². The number of hydrogen-bond donors (Lipinski definition) is 4. The highest BCUT2D eigenvalue weighted by Gasteiger charge is 2.41. The van der Waals surface area contributed by atoms with Crippen LogP contribution in [0.5, 0.6) is 0 Å². The lowest BCUT2D eigenvalue weighted by Gasteiger charge is -2.20. The Morgan fingerprint density at radius 3 is 2.57 bits per heavy atom. The number of alkyl halides is 1. The van der Waals surface area contributed by atoms with Gasteiger partial charge in [-0.2, -0.15) is 10.1 Å². The third-order valence-corrected chi connectivity index (χ3v) is 6.01. The third-order valence-electron chi connectivity index (χ3n) is 6.01. The molecule has 2 aliphatic rings. The van der Waals surface area contributed by atoms with E-state index in [1.54, 1.807) is 24.4 Å². The minimum atomic E-state index is -1.39. The van der Waals surface area contributed by atoms with E-state index in [1.807, 2.05) is 13.8 Å². The quantitative estimate of drug-likeness (QED) is 0.453. The number of rotatable bonds is 7. The summed E-state index contributed by atoms with van der Waals surface area (Å²) in [6, 6.07) is 9.32. The number of carbonyl (C=O) groups excluding carboxylic acids is 2. The van der Waals surface area contributed by atoms with Gasteiger partial charge >= 0.3 is 11.8 Å². The Morgan fingerprint density at radius 2 is 1.91 bits per heavy atom. The fourth-order valence-corrected chi connectivity index (χ4v) is 4.24. The molecule has 10 heteroatoms. The lowest BCUT2D eigenvalue weighted by atomic mass is 9.94. The van der Waals surface area contributed by atoms with E-state index in [0.29, 0.717) is 22.4 Å². The summed E-state index contributed by atoms with van der Waals surface area (Å²) in [6.45, 7) is 3.49. The summed E-state index contributed by atoms with van der Waals surface area (Å²) in [5.74, 6) is -2.13. The molecule has 0 saturated carbocycles. The lowest BCUT2D eigenvalue weighted by molar-refractivity contribution is -0.445. The summed E-state index contributed by atoms with van der Waals surface area (Å²) < 4.78 is 44.3. The monoisotopic (exact) mass is 486 g/mol. The number of nitrogens with zero attached hydrogens (tertiary/aromatic N) is 1. The van der Waals surface area contributed by atoms with Gasteiger partial charge in [-0.05, 0) is 40.8 Å². The van der Waals surface area contributed by atoms with Crippen molar-refractivity contribution in [2.45, 2.75) is 44.8 Å². The van der Waals surface area contributed by atoms with Gasteiger partial charge in [0.1, 0.15) is 18.1 Å². The number of nitrogens with one attached hydrogen (secondary N) is 4. The second-order valence-electron chi connectivity index (χ2n) is 8.89. The van der Waals surface area contributed by atoms with Crippen molar-refractivity contribution in [3.05, 3.63) is 82.7 Å². The van der Waals surface area contributed by atoms with Crippen LogP contribution >= 0.6 is 0 Å². The van der Waals surface area contributed by atoms with Crippen LogP contribution in [0.4, 0.5) is 13.2 Å². The Labute approximate surface area is 201 Å². The van der Waals surface area contributed by atoms with E-state index in [-0.39, 0.29) is 31.0 Å². The summed E-state index contributed by atoms with van der Waals surface area (Å²) in [5, 5.41) is 2.77. The predicted molar refractivity (Wildman–Crippen MR) is 124 cm³/mol. The summed E-state index contributed by atoms with van der Waals surface area (Å²) in [4.78, 5) is 26.1. The molecule has 184 valence electrons. The first-order chi connectivity index (χ1) is 16.7. The van der Waals surface area contributed by atoms with Gasteiger partial charge in [0, 0.05) is 6.20 Å². The SMILES string of the molecule is CC(C)c1ccc([C@H](NC(=O)C2=[N+](C(=O)CC3=CNNN3)C[C@H](F)C2)c2cccc(F)c2)cc1F. The van der Waals surface area contributed by atoms with Gasteiger partial charge in [0.25, 0.3) is 5.71 Å². The molecule has 0 radical (unpaired) electrons. The molecule has 0 unspecified atom stereocenters. The molecule has 35 heavy (non-hydrogen) atoms. The molecule has 0 bridgehead atoms. The number of carbonyl (C=O) groups is 2. The highest BCUT2D eigenvalue weighted by atomic mass is 19.1. The lowest BCUT2D eigenvalue weighted by Crippen LogP contribution is -2.39. The Morgan fingerprint density at radius 1 is 1.14 bits per heavy atom. The van der Waals surface area contributed by atoms with Crippen LogP contribution in [0, 0.1) is 11.6 Å². The minimum absolute atomic E-state index is 0.0253. The van der Waals surface area contributed by atoms with Gasteiger partial charge in [-0.1, -0.05) is 38.1 Å². The van der Waals surface area contributed by atoms with Crippen molar-refractivity contribution in [3.63, 3.8) is 0 Å². The molecule has 2 aromatic carbocycles. The molecule has 0 spiro atoms. The van der Waals surface area contributed by atoms with Crippen molar-refractivity contribution in [3.8, 4) is 0 Å². The van der Waals surface area contributed by atoms with Crippen molar-refractivity contribution in [2.24, 2.45) is 0 Å². The van der Waals surface area contributed by atoms with E-state index in [1.165, 1.54) is 24.3 Å². The molecular weight excluding hydrogens is 459 g/mol. The molecule has 2 aromatic rings. The molecule has 4 N–H and O–H groups in total. The third kappa shape index (κ3) is 5.54. The molecule has 2 aliphatic heterocycles. The number of benzene rings is 2. The molecule has 2 heterocycles. The second kappa shape index (κ2) is 10.3. The standard InChI is InChI=1S/C25H26F3N5O2/c1-14(2)20-7-6-16(9-21(20)28)24(15-4-3-5-17(26)8-15)30-25(35)22-10-18(27)13-33(22)23(34)11-19-12-29-32-31-19/h3-9,12,14,18,24,30H,10-11,13H2,1-2H3,(H2,29,31,32,35)/p+1/t18-,24-/m1/s1. The van der Waals surface area contributed by atoms with Gasteiger partial charge in [0.15, 0.2) is 12.7 Å². The Kier molecular flexibility index (Phi) is 7.20. The first kappa shape index (κ1) is 24.5. The summed E-state index contributed by atoms with van der Waals surface area (Å²) in [7, 11) is 0. The van der Waals surface area contributed by atoms with Gasteiger partial charge in [-0.3, -0.25) is 4.79 Å². The predicted octanol–water partition coefficient (Wildman–Crippen LogP) is 2.86. The fraction of sp³-hybridized carbons (Fsp3) is 0.320. The zero-order chi connectivity index (χ0) is 25.1. The van der Waals surface area contributed by atoms with Crippen molar-refractivity contribution in [1.82, 2.24) is 21.7 Å². The van der Waals surface area contributed by atoms with Gasteiger partial charge < -0.3 is 16.2 Å². The first-order valence-corrected chi connectivity index (χ1v) is 11.3. The van der Waals surface area contributed by atoms with Crippen LogP contribution in [0.3, 0.4) is 0 Å². The van der Waals surface area contributed by atoms with Crippen molar-refractivity contribution < 1.29 is 27.3 Å². The van der Waals surface area contributed by atoms with Crippen LogP contribution in [0.15, 0.2) is 54.4 Å². The summed E-state index contributed by atoms with van der Waals surface area (Å²) >= 11 is 0. The van der Waals surface area contributed by atoms with Gasteiger partial charge in [-0.25, -0.2) is 18.0 Å². The smallest absolute Gasteiger partial charge is 0.336 e. The van der Waals surface area contributed by atoms with Gasteiger partial charge in [0.2, 0.25) is 0 Å². The Bertz CT molecular complexity index is 1210. The molecule has 0 saturated heterocycles. The topological polar surface area (TPSA) is 85.3 Å². The van der Waals surface area contributed by atoms with Crippen LogP contribution < -0.4 is 21.7 Å². The second-order valence-corrected chi connectivity index (χ2v) is 8.89. The Hall–Kier alpha value is -3.66. The van der Waals surface area contributed by atoms with Gasteiger partial charge in [0.05, 0.1) is 18.2 Å². The zero-order valence-corrected chi connectivity index (χ0v) is 19.4.